The number of nitrogens with zero attached hydrogens (tertiary/aromatic N) is 1. The number of ether oxygens (including phenoxy) is 2. The van der Waals surface area contributed by atoms with E-state index in [1.807, 2.05) is 6.07 Å². The van der Waals surface area contributed by atoms with E-state index in [9.17, 15) is 0 Å². The third-order valence-corrected chi connectivity index (χ3v) is 6.25. The van der Waals surface area contributed by atoms with E-state index in [4.69, 9.17) is 9.47 Å². The lowest BCUT2D eigenvalue weighted by Crippen LogP contribution is -2.42. The number of aromatic nitrogens is 2. The highest BCUT2D eigenvalue weighted by atomic mass is 16.6. The summed E-state index contributed by atoms with van der Waals surface area (Å²) in [5.41, 5.74) is 6.20. The summed E-state index contributed by atoms with van der Waals surface area (Å²) < 4.78 is 12.4. The molecule has 2 aromatic carbocycles. The van der Waals surface area contributed by atoms with E-state index < -0.39 is 0 Å². The second-order valence-electron chi connectivity index (χ2n) is 8.34. The molecule has 2 N–H and O–H groups in total. The Bertz CT molecular complexity index is 1270. The first-order valence-corrected chi connectivity index (χ1v) is 10.6. The molecule has 2 aliphatic heterocycles. The van der Waals surface area contributed by atoms with Crippen LogP contribution in [0.25, 0.3) is 27.4 Å². The molecule has 0 radical (unpaired) electrons. The van der Waals surface area contributed by atoms with Gasteiger partial charge in [0, 0.05) is 58.9 Å². The topological polar surface area (TPSA) is 53.3 Å². The molecule has 1 atom stereocenters. The minimum Gasteiger partial charge on any atom is -0.486 e. The molecule has 0 bridgehead atoms. The largest absolute Gasteiger partial charge is 0.486 e. The summed E-state index contributed by atoms with van der Waals surface area (Å²) in [5.74, 6) is 1.72. The second-order valence-corrected chi connectivity index (χ2v) is 8.34. The van der Waals surface area contributed by atoms with Gasteiger partial charge in [-0.1, -0.05) is 24.3 Å². The van der Waals surface area contributed by atoms with E-state index >= 15 is 0 Å². The quantitative estimate of drug-likeness (QED) is 0.516. The summed E-state index contributed by atoms with van der Waals surface area (Å²) >= 11 is 0. The fourth-order valence-corrected chi connectivity index (χ4v) is 4.75. The summed E-state index contributed by atoms with van der Waals surface area (Å²) in [6.45, 7) is 5.51. The number of aromatic amines is 2. The van der Waals surface area contributed by atoms with E-state index in [1.54, 1.807) is 0 Å². The van der Waals surface area contributed by atoms with Crippen LogP contribution in [0.2, 0.25) is 0 Å². The van der Waals surface area contributed by atoms with Gasteiger partial charge in [-0.3, -0.25) is 4.90 Å². The van der Waals surface area contributed by atoms with Gasteiger partial charge in [-0.2, -0.15) is 0 Å². The SMILES string of the molecule is Cc1cc2c3c(ccc2[nH]1)OC[C@H](CN1CC=C(c2c[nH]c4ccccc24)CC1)O3. The maximum atomic E-state index is 6.41. The summed E-state index contributed by atoms with van der Waals surface area (Å²) in [4.78, 5) is 9.23. The number of hydrogen-bond donors (Lipinski definition) is 2. The Morgan fingerprint density at radius 2 is 2.03 bits per heavy atom. The van der Waals surface area contributed by atoms with Crippen molar-refractivity contribution < 1.29 is 9.47 Å². The van der Waals surface area contributed by atoms with Gasteiger partial charge in [-0.05, 0) is 43.2 Å². The van der Waals surface area contributed by atoms with E-state index in [0.717, 1.165) is 54.2 Å². The lowest BCUT2D eigenvalue weighted by Gasteiger charge is -2.33. The number of aryl methyl sites for hydroxylation is 1. The van der Waals surface area contributed by atoms with E-state index in [0.29, 0.717) is 6.61 Å². The second kappa shape index (κ2) is 6.96. The van der Waals surface area contributed by atoms with Crippen molar-refractivity contribution in [1.29, 1.82) is 0 Å². The van der Waals surface area contributed by atoms with Gasteiger partial charge in [-0.15, -0.1) is 0 Å². The zero-order valence-electron chi connectivity index (χ0n) is 17.1. The Morgan fingerprint density at radius 3 is 2.93 bits per heavy atom. The standard InChI is InChI=1S/C25H25N3O2/c1-16-12-20-23(27-16)6-7-24-25(20)30-18(15-29-24)14-28-10-8-17(9-11-28)21-13-26-22-5-3-2-4-19(21)22/h2-8,12-13,18,26-27H,9-11,14-15H2,1H3/t18-/m0/s1. The van der Waals surface area contributed by atoms with Gasteiger partial charge >= 0.3 is 0 Å². The highest BCUT2D eigenvalue weighted by Gasteiger charge is 2.26. The maximum absolute atomic E-state index is 6.41. The minimum atomic E-state index is 0.0429. The molecule has 0 aliphatic carbocycles. The summed E-state index contributed by atoms with van der Waals surface area (Å²) in [7, 11) is 0. The van der Waals surface area contributed by atoms with Crippen LogP contribution >= 0.6 is 0 Å². The highest BCUT2D eigenvalue weighted by Crippen LogP contribution is 2.39. The fourth-order valence-electron chi connectivity index (χ4n) is 4.75. The van der Waals surface area contributed by atoms with Crippen molar-refractivity contribution in [3.05, 3.63) is 66.0 Å². The molecule has 152 valence electrons. The number of fused-ring (bicyclic) bond motifs is 4. The first kappa shape index (κ1) is 17.7. The van der Waals surface area contributed by atoms with Gasteiger partial charge in [0.05, 0.1) is 0 Å². The average molecular weight is 399 g/mol. The van der Waals surface area contributed by atoms with E-state index in [-0.39, 0.29) is 6.10 Å². The van der Waals surface area contributed by atoms with Crippen LogP contribution in [0.4, 0.5) is 0 Å². The van der Waals surface area contributed by atoms with Crippen LogP contribution < -0.4 is 9.47 Å². The molecule has 0 saturated heterocycles. The van der Waals surface area contributed by atoms with Crippen LogP contribution in [0.5, 0.6) is 11.5 Å². The smallest absolute Gasteiger partial charge is 0.171 e. The van der Waals surface area contributed by atoms with Gasteiger partial charge in [-0.25, -0.2) is 0 Å². The molecule has 30 heavy (non-hydrogen) atoms. The molecule has 0 unspecified atom stereocenters. The molecular formula is C25H25N3O2. The van der Waals surface area contributed by atoms with Gasteiger partial charge in [0.15, 0.2) is 11.5 Å². The van der Waals surface area contributed by atoms with Crippen molar-refractivity contribution in [2.24, 2.45) is 0 Å². The highest BCUT2D eigenvalue weighted by molar-refractivity contribution is 5.93. The Balaban J connectivity index is 1.17. The molecule has 5 nitrogen and oxygen atoms in total. The summed E-state index contributed by atoms with van der Waals surface area (Å²) in [6, 6.07) is 14.7. The monoisotopic (exact) mass is 399 g/mol. The molecule has 0 saturated carbocycles. The number of benzene rings is 2. The lowest BCUT2D eigenvalue weighted by atomic mass is 9.99. The molecule has 4 heterocycles. The molecule has 0 spiro atoms. The van der Waals surface area contributed by atoms with Crippen LogP contribution in [0.1, 0.15) is 17.7 Å². The first-order chi connectivity index (χ1) is 14.7. The Labute approximate surface area is 175 Å². The maximum Gasteiger partial charge on any atom is 0.171 e. The van der Waals surface area contributed by atoms with Crippen LogP contribution in [-0.4, -0.2) is 47.2 Å². The van der Waals surface area contributed by atoms with Crippen molar-refractivity contribution >= 4 is 27.4 Å². The van der Waals surface area contributed by atoms with Crippen LogP contribution in [0, 0.1) is 6.92 Å². The molecule has 2 aromatic heterocycles. The van der Waals surface area contributed by atoms with Crippen LogP contribution in [0.15, 0.2) is 54.7 Å². The number of hydrogen-bond acceptors (Lipinski definition) is 3. The fraction of sp³-hybridized carbons (Fsp3) is 0.280. The van der Waals surface area contributed by atoms with Crippen LogP contribution in [0.3, 0.4) is 0 Å². The Kier molecular flexibility index (Phi) is 4.09. The lowest BCUT2D eigenvalue weighted by molar-refractivity contribution is 0.0633. The van der Waals surface area contributed by atoms with Gasteiger partial charge in [0.1, 0.15) is 12.7 Å². The molecule has 0 amide bonds. The average Bonchev–Trinajstić information content (AvgIpc) is 3.37. The van der Waals surface area contributed by atoms with Crippen molar-refractivity contribution in [3.63, 3.8) is 0 Å². The summed E-state index contributed by atoms with van der Waals surface area (Å²) in [6.07, 6.45) is 5.60. The van der Waals surface area contributed by atoms with Crippen molar-refractivity contribution in [2.75, 3.05) is 26.2 Å². The molecular weight excluding hydrogens is 374 g/mol. The van der Waals surface area contributed by atoms with Crippen molar-refractivity contribution in [2.45, 2.75) is 19.4 Å². The summed E-state index contributed by atoms with van der Waals surface area (Å²) in [5, 5.41) is 2.42. The minimum absolute atomic E-state index is 0.0429. The van der Waals surface area contributed by atoms with Gasteiger partial charge in [0.2, 0.25) is 0 Å². The number of nitrogens with one attached hydrogen (secondary N) is 2. The van der Waals surface area contributed by atoms with E-state index in [1.165, 1.54) is 22.0 Å². The Hall–Kier alpha value is -3.18. The van der Waals surface area contributed by atoms with Crippen molar-refractivity contribution in [3.8, 4) is 11.5 Å². The van der Waals surface area contributed by atoms with Gasteiger partial charge in [0.25, 0.3) is 0 Å². The number of H-pyrrole nitrogens is 2. The predicted octanol–water partition coefficient (Wildman–Crippen LogP) is 4.89. The van der Waals surface area contributed by atoms with Crippen LogP contribution in [-0.2, 0) is 0 Å². The van der Waals surface area contributed by atoms with Gasteiger partial charge < -0.3 is 19.4 Å². The zero-order valence-corrected chi connectivity index (χ0v) is 17.1. The number of para-hydroxylation sites is 1. The molecule has 4 aromatic rings. The molecule has 2 aliphatic rings. The third-order valence-electron chi connectivity index (χ3n) is 6.25. The zero-order chi connectivity index (χ0) is 20.1. The third kappa shape index (κ3) is 2.97. The first-order valence-electron chi connectivity index (χ1n) is 10.6. The molecule has 5 heteroatoms. The van der Waals surface area contributed by atoms with Crippen molar-refractivity contribution in [1.82, 2.24) is 14.9 Å². The Morgan fingerprint density at radius 1 is 1.10 bits per heavy atom. The predicted molar refractivity (Wildman–Crippen MR) is 120 cm³/mol. The van der Waals surface area contributed by atoms with E-state index in [2.05, 4.69) is 70.5 Å². The normalized spacial score (nSPS) is 19.4. The molecule has 0 fully saturated rings. The molecule has 6 rings (SSSR count). The number of rotatable bonds is 3.